The van der Waals surface area contributed by atoms with Crippen molar-refractivity contribution in [2.75, 3.05) is 13.3 Å². The molecule has 1 aliphatic rings. The largest absolute Gasteiger partial charge is 4.00 e. The van der Waals surface area contributed by atoms with Crippen LogP contribution in [0.2, 0.25) is 0 Å². The molecule has 2 aromatic carbocycles. The number of hydrogen-bond donors (Lipinski definition) is 0. The molecule has 0 heterocycles. The van der Waals surface area contributed by atoms with Gasteiger partial charge < -0.3 is 24.8 Å². The van der Waals surface area contributed by atoms with Gasteiger partial charge >= 0.3 is 21.7 Å². The van der Waals surface area contributed by atoms with Crippen LogP contribution in [0.4, 0.5) is 0 Å². The van der Waals surface area contributed by atoms with Crippen molar-refractivity contribution in [1.29, 1.82) is 0 Å². The van der Waals surface area contributed by atoms with Gasteiger partial charge in [-0.2, -0.15) is 17.2 Å². The summed E-state index contributed by atoms with van der Waals surface area (Å²) in [5.41, 5.74) is 4.39. The predicted molar refractivity (Wildman–Crippen MR) is 103 cm³/mol. The van der Waals surface area contributed by atoms with Crippen LogP contribution in [0, 0.1) is 11.5 Å². The van der Waals surface area contributed by atoms with Gasteiger partial charge in [-0.1, -0.05) is 39.2 Å². The molecular formula is C21H27Cl2PTi. The van der Waals surface area contributed by atoms with Gasteiger partial charge in [0.1, 0.15) is 0 Å². The van der Waals surface area contributed by atoms with Crippen LogP contribution >= 0.6 is 7.92 Å². The second-order valence-electron chi connectivity index (χ2n) is 6.86. The number of fused-ring (bicyclic) bond motifs is 1. The molecule has 1 aliphatic carbocycles. The van der Waals surface area contributed by atoms with Gasteiger partial charge in [0.05, 0.1) is 0 Å². The first-order chi connectivity index (χ1) is 10.2. The second kappa shape index (κ2) is 11.0. The molecule has 0 bridgehead atoms. The number of halogens is 2. The van der Waals surface area contributed by atoms with E-state index in [0.717, 1.165) is 0 Å². The smallest absolute Gasteiger partial charge is 1.00 e. The van der Waals surface area contributed by atoms with Crippen molar-refractivity contribution < 1.29 is 46.5 Å². The molecule has 0 amide bonds. The Morgan fingerprint density at radius 1 is 1.00 bits per heavy atom. The maximum Gasteiger partial charge on any atom is 4.00 e. The number of hydrogen-bond acceptors (Lipinski definition) is 0. The predicted octanol–water partition coefficient (Wildman–Crippen LogP) is 0.0431. The van der Waals surface area contributed by atoms with Crippen LogP contribution in [0.5, 0.6) is 0 Å². The third-order valence-electron chi connectivity index (χ3n) is 4.68. The van der Waals surface area contributed by atoms with Crippen molar-refractivity contribution in [2.24, 2.45) is 5.41 Å². The normalized spacial score (nSPS) is 14.8. The summed E-state index contributed by atoms with van der Waals surface area (Å²) < 4.78 is 0. The van der Waals surface area contributed by atoms with Gasteiger partial charge in [0.25, 0.3) is 0 Å². The van der Waals surface area contributed by atoms with Gasteiger partial charge in [0.2, 0.25) is 0 Å². The van der Waals surface area contributed by atoms with Crippen molar-refractivity contribution in [3.05, 3.63) is 59.2 Å². The summed E-state index contributed by atoms with van der Waals surface area (Å²) in [5, 5.41) is 4.26. The number of rotatable bonds is 1. The molecule has 0 saturated heterocycles. The average Bonchev–Trinajstić information content (AvgIpc) is 2.96. The van der Waals surface area contributed by atoms with Gasteiger partial charge in [-0.15, -0.1) is 55.2 Å². The van der Waals surface area contributed by atoms with Gasteiger partial charge in [0.15, 0.2) is 0 Å². The Balaban J connectivity index is 0. The van der Waals surface area contributed by atoms with Crippen LogP contribution in [-0.4, -0.2) is 13.3 Å². The van der Waals surface area contributed by atoms with Gasteiger partial charge in [-0.3, -0.25) is 6.08 Å². The average molecular weight is 429 g/mol. The molecule has 25 heavy (non-hydrogen) atoms. The Kier molecular flexibility index (Phi) is 12.0. The van der Waals surface area contributed by atoms with Gasteiger partial charge in [-0.05, 0) is 13.3 Å². The molecule has 0 spiro atoms. The Bertz CT molecular complexity index is 706. The van der Waals surface area contributed by atoms with Crippen LogP contribution in [0.3, 0.4) is 0 Å². The van der Waals surface area contributed by atoms with E-state index in [9.17, 15) is 0 Å². The van der Waals surface area contributed by atoms with E-state index in [1.165, 1.54) is 32.8 Å². The van der Waals surface area contributed by atoms with E-state index in [0.29, 0.717) is 0 Å². The van der Waals surface area contributed by atoms with Crippen LogP contribution in [0.1, 0.15) is 34.6 Å². The molecule has 0 saturated carbocycles. The molecule has 3 rings (SSSR count). The summed E-state index contributed by atoms with van der Waals surface area (Å²) in [6.45, 7) is 15.5. The first-order valence-electron chi connectivity index (χ1n) is 7.85. The number of allylic oxidation sites excluding steroid dienone is 4. The van der Waals surface area contributed by atoms with E-state index < -0.39 is 0 Å². The van der Waals surface area contributed by atoms with E-state index in [-0.39, 0.29) is 59.9 Å². The maximum absolute atomic E-state index is 3.44. The van der Waals surface area contributed by atoms with Crippen LogP contribution in [-0.2, 0) is 21.7 Å². The van der Waals surface area contributed by atoms with Crippen molar-refractivity contribution >= 4 is 24.0 Å². The van der Waals surface area contributed by atoms with E-state index in [4.69, 9.17) is 0 Å². The third-order valence-corrected chi connectivity index (χ3v) is 5.97. The molecule has 0 N–H and O–H groups in total. The van der Waals surface area contributed by atoms with Crippen molar-refractivity contribution in [2.45, 2.75) is 34.6 Å². The Labute approximate surface area is 182 Å². The number of benzene rings is 1. The Hall–Kier alpha value is 0.0343. The summed E-state index contributed by atoms with van der Waals surface area (Å²) in [7, 11) is 0.0576. The fraction of sp³-hybridized carbons (Fsp3) is 0.381. The summed E-state index contributed by atoms with van der Waals surface area (Å²) in [6, 6.07) is 13.2. The zero-order valence-electron chi connectivity index (χ0n) is 16.2. The maximum atomic E-state index is 3.44. The van der Waals surface area contributed by atoms with Crippen LogP contribution < -0.4 is 30.1 Å². The molecule has 0 aromatic heterocycles. The molecule has 0 fully saturated rings. The standard InChI is InChI=1S/C11H12P.C10H15.2ClH.Ti/c1-12(2)11-7-9-5-3-4-6-10(9)8-11;1-7-6-10(4,5)9(3)8(7)2;;;/h3-8H,1-2H3;1-5H3;2*1H;/q2*-1;;;+4/p-2. The molecule has 0 aliphatic heterocycles. The molecule has 2 aromatic rings. The van der Waals surface area contributed by atoms with Crippen molar-refractivity contribution in [3.63, 3.8) is 0 Å². The summed E-state index contributed by atoms with van der Waals surface area (Å²) in [5.74, 6) is 0. The van der Waals surface area contributed by atoms with E-state index in [1.54, 1.807) is 0 Å². The van der Waals surface area contributed by atoms with E-state index in [2.05, 4.69) is 90.4 Å². The minimum Gasteiger partial charge on any atom is -1.00 e. The van der Waals surface area contributed by atoms with Crippen molar-refractivity contribution in [1.82, 2.24) is 0 Å². The van der Waals surface area contributed by atoms with Crippen LogP contribution in [0.25, 0.3) is 10.8 Å². The molecule has 0 atom stereocenters. The summed E-state index contributed by atoms with van der Waals surface area (Å²) in [6.07, 6.45) is 3.44. The fourth-order valence-corrected chi connectivity index (χ4v) is 3.59. The van der Waals surface area contributed by atoms with E-state index in [1.807, 2.05) is 0 Å². The third kappa shape index (κ3) is 6.60. The van der Waals surface area contributed by atoms with Crippen LogP contribution in [0.15, 0.2) is 53.1 Å². The molecule has 0 nitrogen and oxygen atoms in total. The zero-order chi connectivity index (χ0) is 16.5. The molecule has 4 heteroatoms. The molecule has 0 unspecified atom stereocenters. The zero-order valence-corrected chi connectivity index (χ0v) is 20.1. The molecule has 134 valence electrons. The first-order valence-corrected chi connectivity index (χ1v) is 10.1. The fourth-order valence-electron chi connectivity index (χ4n) is 2.80. The Morgan fingerprint density at radius 3 is 1.92 bits per heavy atom. The molecule has 0 radical (unpaired) electrons. The first kappa shape index (κ1) is 27.3. The minimum absolute atomic E-state index is 0. The summed E-state index contributed by atoms with van der Waals surface area (Å²) in [4.78, 5) is 0. The van der Waals surface area contributed by atoms with Gasteiger partial charge in [-0.25, -0.2) is 5.57 Å². The van der Waals surface area contributed by atoms with Gasteiger partial charge in [0, 0.05) is 0 Å². The molecular weight excluding hydrogens is 402 g/mol. The SMILES string of the molecule is CC1=[C-]C(C)(C)C(C)=C1C.CP(C)c1cc2ccccc2[cH-]1.[Cl-].[Cl-].[Ti+4]. The Morgan fingerprint density at radius 2 is 1.56 bits per heavy atom. The topological polar surface area (TPSA) is 0 Å². The quantitative estimate of drug-likeness (QED) is 0.342. The monoisotopic (exact) mass is 428 g/mol. The minimum atomic E-state index is 0. The second-order valence-corrected chi connectivity index (χ2v) is 9.17. The summed E-state index contributed by atoms with van der Waals surface area (Å²) >= 11 is 0. The van der Waals surface area contributed by atoms with Crippen molar-refractivity contribution in [3.8, 4) is 0 Å². The van der Waals surface area contributed by atoms with E-state index >= 15 is 0 Å².